The van der Waals surface area contributed by atoms with Crippen molar-refractivity contribution in [2.75, 3.05) is 7.11 Å². The van der Waals surface area contributed by atoms with Gasteiger partial charge in [0.25, 0.3) is 0 Å². The van der Waals surface area contributed by atoms with Crippen molar-refractivity contribution < 1.29 is 9.53 Å². The Morgan fingerprint density at radius 1 is 0.953 bits per heavy atom. The number of aryl methyl sites for hydroxylation is 1. The molecule has 3 aromatic carbocycles. The van der Waals surface area contributed by atoms with Crippen LogP contribution in [-0.4, -0.2) is 42.7 Å². The number of H-pyrrole nitrogens is 1. The highest BCUT2D eigenvalue weighted by Gasteiger charge is 2.26. The molecule has 6 aromatic rings. The molecule has 3 aromatic heterocycles. The van der Waals surface area contributed by atoms with Gasteiger partial charge in [0.2, 0.25) is 5.91 Å². The Morgan fingerprint density at radius 2 is 1.70 bits per heavy atom. The maximum absolute atomic E-state index is 13.7. The van der Waals surface area contributed by atoms with Crippen LogP contribution < -0.4 is 10.1 Å². The molecule has 0 bridgehead atoms. The van der Waals surface area contributed by atoms with Crippen LogP contribution >= 0.6 is 11.8 Å². The zero-order valence-electron chi connectivity index (χ0n) is 23.9. The number of aromatic amines is 1. The number of fused-ring (bicyclic) bond motifs is 1. The van der Waals surface area contributed by atoms with Gasteiger partial charge >= 0.3 is 0 Å². The summed E-state index contributed by atoms with van der Waals surface area (Å²) in [6.07, 6.45) is 4.23. The van der Waals surface area contributed by atoms with Gasteiger partial charge in [0, 0.05) is 34.7 Å². The monoisotopic (exact) mass is 589 g/mol. The highest BCUT2D eigenvalue weighted by atomic mass is 32.2. The summed E-state index contributed by atoms with van der Waals surface area (Å²) in [5.74, 6) is 2.50. The van der Waals surface area contributed by atoms with Gasteiger partial charge in [-0.25, -0.2) is 9.97 Å². The topological polar surface area (TPSA) is 111 Å². The van der Waals surface area contributed by atoms with Gasteiger partial charge in [0.15, 0.2) is 11.0 Å². The lowest BCUT2D eigenvalue weighted by Crippen LogP contribution is -2.33. The molecule has 0 fully saturated rings. The summed E-state index contributed by atoms with van der Waals surface area (Å²) < 4.78 is 7.40. The Balaban J connectivity index is 1.36. The highest BCUT2D eigenvalue weighted by Crippen LogP contribution is 2.30. The molecule has 43 heavy (non-hydrogen) atoms. The lowest BCUT2D eigenvalue weighted by molar-refractivity contribution is -0.121. The number of amides is 1. The molecule has 3 heterocycles. The zero-order chi connectivity index (χ0) is 29.6. The molecule has 0 aliphatic heterocycles. The first-order valence-electron chi connectivity index (χ1n) is 14.0. The molecule has 0 saturated heterocycles. The van der Waals surface area contributed by atoms with Crippen LogP contribution in [0.1, 0.15) is 34.5 Å². The number of nitrogens with zero attached hydrogens (tertiary/aromatic N) is 5. The third-order valence-corrected chi connectivity index (χ3v) is 8.16. The maximum Gasteiger partial charge on any atom is 0.225 e. The van der Waals surface area contributed by atoms with Crippen LogP contribution in [-0.2, 0) is 23.4 Å². The second-order valence-electron chi connectivity index (χ2n) is 10.1. The number of hydrogen-bond donors (Lipinski definition) is 2. The number of thioether (sulfide) groups is 1. The van der Waals surface area contributed by atoms with E-state index >= 15 is 0 Å². The predicted octanol–water partition coefficient (Wildman–Crippen LogP) is 5.79. The highest BCUT2D eigenvalue weighted by molar-refractivity contribution is 7.98. The molecule has 1 amide bonds. The molecule has 9 nitrogen and oxygen atoms in total. The largest absolute Gasteiger partial charge is 0.497 e. The van der Waals surface area contributed by atoms with E-state index in [9.17, 15) is 4.79 Å². The number of nitrogens with one attached hydrogen (secondary N) is 2. The number of hydrogen-bond acceptors (Lipinski definition) is 7. The van der Waals surface area contributed by atoms with Crippen molar-refractivity contribution in [2.24, 2.45) is 0 Å². The number of benzene rings is 3. The number of carbonyl (C=O) groups is 1. The number of carbonyl (C=O) groups excluding carboxylic acids is 1. The average Bonchev–Trinajstić information content (AvgIpc) is 3.61. The van der Waals surface area contributed by atoms with E-state index in [1.807, 2.05) is 78.2 Å². The van der Waals surface area contributed by atoms with Crippen LogP contribution in [0.4, 0.5) is 0 Å². The van der Waals surface area contributed by atoms with E-state index in [0.717, 1.165) is 39.2 Å². The molecule has 216 valence electrons. The molecular formula is C33H31N7O2S. The average molecular weight is 590 g/mol. The molecule has 0 saturated carbocycles. The lowest BCUT2D eigenvalue weighted by atomic mass is 10.0. The van der Waals surface area contributed by atoms with Crippen LogP contribution in [0.25, 0.3) is 16.6 Å². The Morgan fingerprint density at radius 3 is 2.47 bits per heavy atom. The van der Waals surface area contributed by atoms with Crippen molar-refractivity contribution in [1.82, 2.24) is 35.0 Å². The summed E-state index contributed by atoms with van der Waals surface area (Å²) in [6.45, 7) is 2.00. The Kier molecular flexibility index (Phi) is 8.46. The quantitative estimate of drug-likeness (QED) is 0.184. The normalized spacial score (nSPS) is 11.9. The van der Waals surface area contributed by atoms with Crippen molar-refractivity contribution in [3.05, 3.63) is 126 Å². The fourth-order valence-electron chi connectivity index (χ4n) is 5.13. The van der Waals surface area contributed by atoms with Crippen LogP contribution in [0.3, 0.4) is 0 Å². The Hall–Kier alpha value is -4.96. The minimum absolute atomic E-state index is 0.0926. The molecule has 2 N–H and O–H groups in total. The second kappa shape index (κ2) is 12.9. The first kappa shape index (κ1) is 28.2. The van der Waals surface area contributed by atoms with E-state index in [2.05, 4.69) is 42.6 Å². The summed E-state index contributed by atoms with van der Waals surface area (Å²) in [7, 11) is 1.64. The molecule has 1 atom stereocenters. The third kappa shape index (κ3) is 6.44. The van der Waals surface area contributed by atoms with Crippen molar-refractivity contribution in [1.29, 1.82) is 0 Å². The molecular weight excluding hydrogens is 558 g/mol. The van der Waals surface area contributed by atoms with Crippen LogP contribution in [0.15, 0.2) is 102 Å². The summed E-state index contributed by atoms with van der Waals surface area (Å²) in [5, 5.41) is 14.3. The van der Waals surface area contributed by atoms with Crippen LogP contribution in [0.2, 0.25) is 0 Å². The van der Waals surface area contributed by atoms with Gasteiger partial charge in [-0.2, -0.15) is 0 Å². The van der Waals surface area contributed by atoms with Crippen LogP contribution in [0, 0.1) is 6.92 Å². The number of para-hydroxylation sites is 1. The van der Waals surface area contributed by atoms with Gasteiger partial charge in [0.05, 0.1) is 25.3 Å². The van der Waals surface area contributed by atoms with Crippen molar-refractivity contribution in [2.45, 2.75) is 36.7 Å². The van der Waals surface area contributed by atoms with E-state index in [4.69, 9.17) is 4.74 Å². The summed E-state index contributed by atoms with van der Waals surface area (Å²) >= 11 is 1.49. The summed E-state index contributed by atoms with van der Waals surface area (Å²) in [5.41, 5.74) is 4.93. The molecule has 0 radical (unpaired) electrons. The maximum atomic E-state index is 13.7. The number of ether oxygens (including phenoxy) is 1. The van der Waals surface area contributed by atoms with Gasteiger partial charge in [-0.05, 0) is 60.9 Å². The fraction of sp³-hybridized carbons (Fsp3) is 0.182. The first-order chi connectivity index (χ1) is 21.1. The number of aromatic nitrogens is 6. The van der Waals surface area contributed by atoms with E-state index in [-0.39, 0.29) is 12.3 Å². The number of methoxy groups -OCH3 is 1. The van der Waals surface area contributed by atoms with Gasteiger partial charge in [-0.1, -0.05) is 60.3 Å². The van der Waals surface area contributed by atoms with Gasteiger partial charge in [-0.15, -0.1) is 10.2 Å². The molecule has 6 rings (SSSR count). The van der Waals surface area contributed by atoms with E-state index < -0.39 is 6.04 Å². The second-order valence-corrected chi connectivity index (χ2v) is 11.0. The molecule has 0 aliphatic rings. The Bertz CT molecular complexity index is 1820. The standard InChI is InChI=1S/C33H31N7O2S/c1-22-27(26-11-6-7-12-28(26)36-22)20-31(41)37-29(19-23-9-4-3-5-10-23)32-38-39-33(43-21-30-34-17-8-18-35-30)40(32)24-13-15-25(42-2)16-14-24/h3-18,29,36H,19-21H2,1-2H3,(H,37,41). The van der Waals surface area contributed by atoms with Gasteiger partial charge in [-0.3, -0.25) is 9.36 Å². The van der Waals surface area contributed by atoms with Crippen molar-refractivity contribution in [3.8, 4) is 11.4 Å². The molecule has 1 unspecified atom stereocenters. The fourth-order valence-corrected chi connectivity index (χ4v) is 5.97. The van der Waals surface area contributed by atoms with E-state index in [1.165, 1.54) is 11.8 Å². The number of rotatable bonds is 11. The summed E-state index contributed by atoms with van der Waals surface area (Å²) in [4.78, 5) is 25.8. The van der Waals surface area contributed by atoms with Crippen molar-refractivity contribution >= 4 is 28.6 Å². The predicted molar refractivity (Wildman–Crippen MR) is 167 cm³/mol. The van der Waals surface area contributed by atoms with Gasteiger partial charge < -0.3 is 15.0 Å². The SMILES string of the molecule is COc1ccc(-n2c(SCc3ncccn3)nnc2C(Cc2ccccc2)NC(=O)Cc2c(C)[nH]c3ccccc23)cc1. The van der Waals surface area contributed by atoms with Crippen molar-refractivity contribution in [3.63, 3.8) is 0 Å². The lowest BCUT2D eigenvalue weighted by Gasteiger charge is -2.20. The first-order valence-corrected chi connectivity index (χ1v) is 15.0. The zero-order valence-corrected chi connectivity index (χ0v) is 24.7. The van der Waals surface area contributed by atoms with E-state index in [0.29, 0.717) is 29.0 Å². The molecule has 10 heteroatoms. The Labute approximate surface area is 253 Å². The minimum Gasteiger partial charge on any atom is -0.497 e. The van der Waals surface area contributed by atoms with Gasteiger partial charge in [0.1, 0.15) is 11.6 Å². The third-order valence-electron chi connectivity index (χ3n) is 7.23. The minimum atomic E-state index is -0.447. The van der Waals surface area contributed by atoms with E-state index in [1.54, 1.807) is 25.6 Å². The smallest absolute Gasteiger partial charge is 0.225 e. The van der Waals surface area contributed by atoms with Crippen LogP contribution in [0.5, 0.6) is 5.75 Å². The molecule has 0 spiro atoms. The molecule has 0 aliphatic carbocycles. The summed E-state index contributed by atoms with van der Waals surface area (Å²) in [6, 6.07) is 27.2.